The van der Waals surface area contributed by atoms with Gasteiger partial charge in [-0.05, 0) is 47.3 Å². The van der Waals surface area contributed by atoms with Crippen molar-refractivity contribution in [3.05, 3.63) is 28.2 Å². The van der Waals surface area contributed by atoms with E-state index in [-0.39, 0.29) is 17.4 Å². The minimum atomic E-state index is -0.378. The maximum atomic E-state index is 12.3. The number of carbonyl (C=O) groups is 1. The fraction of sp³-hybridized carbons (Fsp3) is 0.462. The van der Waals surface area contributed by atoms with Crippen LogP contribution in [0.2, 0.25) is 0 Å². The number of nitrogens with one attached hydrogen (secondary N) is 1. The molecule has 3 nitrogen and oxygen atoms in total. The Labute approximate surface area is 109 Å². The summed E-state index contributed by atoms with van der Waals surface area (Å²) < 4.78 is 6.52. The number of ether oxygens (including phenoxy) is 1. The van der Waals surface area contributed by atoms with Crippen molar-refractivity contribution in [3.8, 4) is 0 Å². The van der Waals surface area contributed by atoms with Gasteiger partial charge in [0.05, 0.1) is 17.2 Å². The molecule has 0 aromatic heterocycles. The van der Waals surface area contributed by atoms with E-state index in [0.717, 1.165) is 28.6 Å². The summed E-state index contributed by atoms with van der Waals surface area (Å²) in [5.74, 6) is 0.120. The molecule has 0 bridgehead atoms. The Morgan fingerprint density at radius 2 is 2.35 bits per heavy atom. The Bertz CT molecular complexity index is 488. The first-order valence-corrected chi connectivity index (χ1v) is 6.65. The monoisotopic (exact) mass is 295 g/mol. The quantitative estimate of drug-likeness (QED) is 0.799. The predicted molar refractivity (Wildman–Crippen MR) is 69.1 cm³/mol. The minimum Gasteiger partial charge on any atom is -0.378 e. The molecule has 2 unspecified atom stereocenters. The van der Waals surface area contributed by atoms with Crippen molar-refractivity contribution in [1.29, 1.82) is 0 Å². The summed E-state index contributed by atoms with van der Waals surface area (Å²) in [7, 11) is 0. The predicted octanol–water partition coefficient (Wildman–Crippen LogP) is 2.84. The summed E-state index contributed by atoms with van der Waals surface area (Å²) >= 11 is 3.49. The highest BCUT2D eigenvalue weighted by molar-refractivity contribution is 9.10. The summed E-state index contributed by atoms with van der Waals surface area (Å²) in [6.45, 7) is 2.69. The number of rotatable bonds is 0. The van der Waals surface area contributed by atoms with Crippen LogP contribution in [0.4, 0.5) is 5.69 Å². The molecule has 1 fully saturated rings. The number of anilines is 1. The third kappa shape index (κ3) is 1.54. The molecule has 0 radical (unpaired) electrons. The Morgan fingerprint density at radius 3 is 3.12 bits per heavy atom. The van der Waals surface area contributed by atoms with Crippen molar-refractivity contribution in [3.63, 3.8) is 0 Å². The van der Waals surface area contributed by atoms with Gasteiger partial charge in [0.2, 0.25) is 5.91 Å². The summed E-state index contributed by atoms with van der Waals surface area (Å²) in [6, 6.07) is 6.00. The first-order valence-electron chi connectivity index (χ1n) is 5.85. The highest BCUT2D eigenvalue weighted by atomic mass is 79.9. The van der Waals surface area contributed by atoms with Crippen LogP contribution in [0.3, 0.4) is 0 Å². The lowest BCUT2D eigenvalue weighted by molar-refractivity contribution is -0.126. The molecule has 1 spiro atoms. The molecule has 4 heteroatoms. The van der Waals surface area contributed by atoms with E-state index in [4.69, 9.17) is 4.74 Å². The van der Waals surface area contributed by atoms with Crippen molar-refractivity contribution < 1.29 is 9.53 Å². The fourth-order valence-corrected chi connectivity index (χ4v) is 3.41. The van der Waals surface area contributed by atoms with Crippen LogP contribution < -0.4 is 5.32 Å². The molecule has 2 aliphatic rings. The second-order valence-corrected chi connectivity index (χ2v) is 5.69. The van der Waals surface area contributed by atoms with E-state index < -0.39 is 0 Å². The van der Waals surface area contributed by atoms with E-state index in [9.17, 15) is 4.79 Å². The van der Waals surface area contributed by atoms with Crippen LogP contribution in [0.25, 0.3) is 0 Å². The van der Waals surface area contributed by atoms with Crippen molar-refractivity contribution >= 4 is 27.5 Å². The van der Waals surface area contributed by atoms with Gasteiger partial charge >= 0.3 is 0 Å². The highest BCUT2D eigenvalue weighted by Gasteiger charge is 2.49. The molecule has 3 rings (SSSR count). The van der Waals surface area contributed by atoms with Gasteiger partial charge in [0.1, 0.15) is 0 Å². The van der Waals surface area contributed by atoms with Gasteiger partial charge in [-0.3, -0.25) is 4.79 Å². The lowest BCUT2D eigenvalue weighted by atomic mass is 9.73. The third-order valence-corrected chi connectivity index (χ3v) is 4.43. The summed E-state index contributed by atoms with van der Waals surface area (Å²) in [5, 5.41) is 3.01. The fourth-order valence-electron chi connectivity index (χ4n) is 2.94. The summed E-state index contributed by atoms with van der Waals surface area (Å²) in [5.41, 5.74) is 1.68. The minimum absolute atomic E-state index is 0.120. The Hall–Kier alpha value is -0.870. The van der Waals surface area contributed by atoms with Gasteiger partial charge in [-0.2, -0.15) is 0 Å². The number of fused-ring (bicyclic) bond motifs is 2. The molecule has 1 N–H and O–H groups in total. The zero-order valence-corrected chi connectivity index (χ0v) is 11.2. The average molecular weight is 296 g/mol. The van der Waals surface area contributed by atoms with Crippen molar-refractivity contribution in [1.82, 2.24) is 0 Å². The summed E-state index contributed by atoms with van der Waals surface area (Å²) in [6.07, 6.45) is 1.67. The normalized spacial score (nSPS) is 31.4. The van der Waals surface area contributed by atoms with E-state index in [2.05, 4.69) is 27.3 Å². The largest absolute Gasteiger partial charge is 0.378 e. The van der Waals surface area contributed by atoms with Gasteiger partial charge in [-0.15, -0.1) is 0 Å². The van der Waals surface area contributed by atoms with Gasteiger partial charge in [0, 0.05) is 11.1 Å². The maximum absolute atomic E-state index is 12.3. The number of benzene rings is 1. The molecular formula is C13H14BrNO2. The zero-order chi connectivity index (χ0) is 12.0. The topological polar surface area (TPSA) is 38.3 Å². The molecular weight excluding hydrogens is 282 g/mol. The second-order valence-electron chi connectivity index (χ2n) is 4.83. The second kappa shape index (κ2) is 3.82. The van der Waals surface area contributed by atoms with Crippen LogP contribution in [0.15, 0.2) is 22.7 Å². The van der Waals surface area contributed by atoms with Gasteiger partial charge in [0.15, 0.2) is 0 Å². The van der Waals surface area contributed by atoms with Gasteiger partial charge in [-0.1, -0.05) is 12.1 Å². The number of hydrogen-bond acceptors (Lipinski definition) is 2. The molecule has 1 saturated heterocycles. The van der Waals surface area contributed by atoms with E-state index >= 15 is 0 Å². The summed E-state index contributed by atoms with van der Waals surface area (Å²) in [4.78, 5) is 12.3. The molecule has 1 amide bonds. The third-order valence-electron chi connectivity index (χ3n) is 3.77. The SMILES string of the molecule is CC1CC2(CCO1)C(=O)Nc1c(Br)cccc12. The smallest absolute Gasteiger partial charge is 0.235 e. The molecule has 0 aliphatic carbocycles. The van der Waals surface area contributed by atoms with Crippen molar-refractivity contribution in [2.24, 2.45) is 0 Å². The number of para-hydroxylation sites is 1. The van der Waals surface area contributed by atoms with Gasteiger partial charge in [0.25, 0.3) is 0 Å². The van der Waals surface area contributed by atoms with E-state index in [1.807, 2.05) is 19.1 Å². The van der Waals surface area contributed by atoms with E-state index in [1.165, 1.54) is 0 Å². The molecule has 1 aromatic rings. The number of carbonyl (C=O) groups excluding carboxylic acids is 1. The van der Waals surface area contributed by atoms with Crippen LogP contribution in [-0.4, -0.2) is 18.6 Å². The van der Waals surface area contributed by atoms with Crippen LogP contribution in [-0.2, 0) is 14.9 Å². The molecule has 0 saturated carbocycles. The molecule has 2 atom stereocenters. The lowest BCUT2D eigenvalue weighted by Crippen LogP contribution is -2.42. The molecule has 90 valence electrons. The average Bonchev–Trinajstić information content (AvgIpc) is 2.55. The van der Waals surface area contributed by atoms with E-state index in [0.29, 0.717) is 6.61 Å². The first kappa shape index (κ1) is 11.2. The molecule has 1 aromatic carbocycles. The van der Waals surface area contributed by atoms with Crippen molar-refractivity contribution in [2.45, 2.75) is 31.3 Å². The molecule has 17 heavy (non-hydrogen) atoms. The van der Waals surface area contributed by atoms with E-state index in [1.54, 1.807) is 0 Å². The lowest BCUT2D eigenvalue weighted by Gasteiger charge is -2.35. The Balaban J connectivity index is 2.13. The van der Waals surface area contributed by atoms with Gasteiger partial charge in [-0.25, -0.2) is 0 Å². The highest BCUT2D eigenvalue weighted by Crippen LogP contribution is 2.48. The Morgan fingerprint density at radius 1 is 1.53 bits per heavy atom. The molecule has 2 aliphatic heterocycles. The van der Waals surface area contributed by atoms with Crippen LogP contribution in [0.5, 0.6) is 0 Å². The number of amides is 1. The van der Waals surface area contributed by atoms with Gasteiger partial charge < -0.3 is 10.1 Å². The van der Waals surface area contributed by atoms with Crippen molar-refractivity contribution in [2.75, 3.05) is 11.9 Å². The molecule has 2 heterocycles. The zero-order valence-electron chi connectivity index (χ0n) is 9.63. The van der Waals surface area contributed by atoms with Crippen LogP contribution in [0.1, 0.15) is 25.3 Å². The number of halogens is 1. The number of hydrogen-bond donors (Lipinski definition) is 1. The maximum Gasteiger partial charge on any atom is 0.235 e. The Kier molecular flexibility index (Phi) is 2.52. The standard InChI is InChI=1S/C13H14BrNO2/c1-8-7-13(5-6-17-8)9-3-2-4-10(14)11(9)15-12(13)16/h2-4,8H,5-7H2,1H3,(H,15,16). The first-order chi connectivity index (χ1) is 8.13. The van der Waals surface area contributed by atoms with Crippen LogP contribution >= 0.6 is 15.9 Å². The van der Waals surface area contributed by atoms with Crippen LogP contribution in [0, 0.1) is 0 Å².